The van der Waals surface area contributed by atoms with E-state index in [0.717, 1.165) is 45.1 Å². The van der Waals surface area contributed by atoms with Crippen molar-refractivity contribution in [3.63, 3.8) is 0 Å². The van der Waals surface area contributed by atoms with E-state index < -0.39 is 0 Å². The van der Waals surface area contributed by atoms with Crippen LogP contribution in [0.15, 0.2) is 0 Å². The normalized spacial score (nSPS) is 34.9. The molecule has 3 fully saturated rings. The third-order valence-electron chi connectivity index (χ3n) is 5.15. The first-order chi connectivity index (χ1) is 10.1. The number of rotatable bonds is 4. The van der Waals surface area contributed by atoms with Crippen LogP contribution in [0.1, 0.15) is 58.3 Å². The molecule has 0 bridgehead atoms. The second-order valence-corrected chi connectivity index (χ2v) is 6.93. The fourth-order valence-corrected chi connectivity index (χ4v) is 3.85. The quantitative estimate of drug-likeness (QED) is 0.800. The maximum absolute atomic E-state index is 12.5. The Morgan fingerprint density at radius 3 is 2.67 bits per heavy atom. The Hall–Kier alpha value is -0.940. The lowest BCUT2D eigenvalue weighted by Crippen LogP contribution is -2.48. The molecule has 5 nitrogen and oxygen atoms in total. The SMILES string of the molecule is CC1(CNC2CC(=O)N(C3CCCCC3)C2=O)CCCO1. The minimum absolute atomic E-state index is 0.00175. The molecule has 3 aliphatic rings. The summed E-state index contributed by atoms with van der Waals surface area (Å²) in [5.74, 6) is -0.0182. The number of carbonyl (C=O) groups excluding carboxylic acids is 2. The summed E-state index contributed by atoms with van der Waals surface area (Å²) in [5.41, 5.74) is -0.179. The van der Waals surface area contributed by atoms with Crippen LogP contribution in [0, 0.1) is 0 Å². The molecule has 2 unspecified atom stereocenters. The van der Waals surface area contributed by atoms with Crippen LogP contribution in [0.25, 0.3) is 0 Å². The van der Waals surface area contributed by atoms with E-state index in [1.165, 1.54) is 6.42 Å². The third-order valence-corrected chi connectivity index (χ3v) is 5.15. The molecule has 0 spiro atoms. The van der Waals surface area contributed by atoms with Gasteiger partial charge in [-0.25, -0.2) is 0 Å². The lowest BCUT2D eigenvalue weighted by Gasteiger charge is -2.30. The van der Waals surface area contributed by atoms with Gasteiger partial charge in [-0.2, -0.15) is 0 Å². The number of likely N-dealkylation sites (tertiary alicyclic amines) is 1. The maximum Gasteiger partial charge on any atom is 0.247 e. The molecule has 2 amide bonds. The van der Waals surface area contributed by atoms with Crippen molar-refractivity contribution in [1.29, 1.82) is 0 Å². The number of nitrogens with zero attached hydrogens (tertiary/aromatic N) is 1. The van der Waals surface area contributed by atoms with Crippen molar-refractivity contribution in [2.75, 3.05) is 13.2 Å². The van der Waals surface area contributed by atoms with Crippen molar-refractivity contribution in [2.24, 2.45) is 0 Å². The lowest BCUT2D eigenvalue weighted by atomic mass is 9.94. The number of hydrogen-bond acceptors (Lipinski definition) is 4. The highest BCUT2D eigenvalue weighted by atomic mass is 16.5. The number of carbonyl (C=O) groups is 2. The molecule has 0 aromatic heterocycles. The highest BCUT2D eigenvalue weighted by Crippen LogP contribution is 2.28. The van der Waals surface area contributed by atoms with Crippen molar-refractivity contribution in [3.05, 3.63) is 0 Å². The van der Waals surface area contributed by atoms with E-state index in [9.17, 15) is 9.59 Å². The van der Waals surface area contributed by atoms with Gasteiger partial charge in [-0.05, 0) is 32.6 Å². The van der Waals surface area contributed by atoms with E-state index in [1.807, 2.05) is 0 Å². The van der Waals surface area contributed by atoms with Gasteiger partial charge in [0.1, 0.15) is 0 Å². The maximum atomic E-state index is 12.5. The van der Waals surface area contributed by atoms with Gasteiger partial charge in [-0.15, -0.1) is 0 Å². The van der Waals surface area contributed by atoms with Gasteiger partial charge in [-0.3, -0.25) is 14.5 Å². The molecule has 2 aliphatic heterocycles. The molecule has 2 atom stereocenters. The second-order valence-electron chi connectivity index (χ2n) is 6.93. The minimum Gasteiger partial charge on any atom is -0.374 e. The molecule has 1 saturated carbocycles. The van der Waals surface area contributed by atoms with Crippen LogP contribution in [0.3, 0.4) is 0 Å². The third kappa shape index (κ3) is 3.14. The summed E-state index contributed by atoms with van der Waals surface area (Å²) in [7, 11) is 0. The Balaban J connectivity index is 1.57. The predicted octanol–water partition coefficient (Wildman–Crippen LogP) is 1.61. The van der Waals surface area contributed by atoms with Gasteiger partial charge in [0.25, 0.3) is 0 Å². The molecular formula is C16H26N2O3. The molecular weight excluding hydrogens is 268 g/mol. The molecule has 1 N–H and O–H groups in total. The summed E-state index contributed by atoms with van der Waals surface area (Å²) in [4.78, 5) is 26.3. The standard InChI is InChI=1S/C16H26N2O3/c1-16(8-5-9-21-16)11-17-13-10-14(19)18(15(13)20)12-6-3-2-4-7-12/h12-13,17H,2-11H2,1H3. The van der Waals surface area contributed by atoms with Gasteiger partial charge >= 0.3 is 0 Å². The summed E-state index contributed by atoms with van der Waals surface area (Å²) in [6.45, 7) is 3.52. The van der Waals surface area contributed by atoms with Crippen molar-refractivity contribution >= 4 is 11.8 Å². The Bertz CT molecular complexity index is 412. The van der Waals surface area contributed by atoms with E-state index >= 15 is 0 Å². The summed E-state index contributed by atoms with van der Waals surface area (Å²) in [5, 5.41) is 3.28. The molecule has 2 saturated heterocycles. The Morgan fingerprint density at radius 2 is 2.00 bits per heavy atom. The van der Waals surface area contributed by atoms with E-state index in [-0.39, 0.29) is 29.5 Å². The molecule has 0 radical (unpaired) electrons. The molecule has 2 heterocycles. The predicted molar refractivity (Wildman–Crippen MR) is 78.7 cm³/mol. The van der Waals surface area contributed by atoms with Crippen LogP contribution in [0.5, 0.6) is 0 Å². The molecule has 1 aliphatic carbocycles. The number of imide groups is 1. The lowest BCUT2D eigenvalue weighted by molar-refractivity contribution is -0.142. The topological polar surface area (TPSA) is 58.6 Å². The number of nitrogens with one attached hydrogen (secondary N) is 1. The molecule has 21 heavy (non-hydrogen) atoms. The second kappa shape index (κ2) is 6.05. The fraction of sp³-hybridized carbons (Fsp3) is 0.875. The average molecular weight is 294 g/mol. The van der Waals surface area contributed by atoms with Crippen molar-refractivity contribution in [2.45, 2.75) is 76.0 Å². The van der Waals surface area contributed by atoms with Crippen molar-refractivity contribution < 1.29 is 14.3 Å². The molecule has 3 rings (SSSR count). The summed E-state index contributed by atoms with van der Waals surface area (Å²) in [6.07, 6.45) is 7.84. The van der Waals surface area contributed by atoms with Crippen LogP contribution in [-0.2, 0) is 14.3 Å². The molecule has 5 heteroatoms. The van der Waals surface area contributed by atoms with Gasteiger partial charge in [-0.1, -0.05) is 19.3 Å². The van der Waals surface area contributed by atoms with Crippen LogP contribution in [0.4, 0.5) is 0 Å². The Morgan fingerprint density at radius 1 is 1.24 bits per heavy atom. The number of amides is 2. The van der Waals surface area contributed by atoms with Crippen LogP contribution in [-0.4, -0.2) is 47.6 Å². The van der Waals surface area contributed by atoms with Crippen molar-refractivity contribution in [3.8, 4) is 0 Å². The highest BCUT2D eigenvalue weighted by Gasteiger charge is 2.43. The van der Waals surface area contributed by atoms with E-state index in [4.69, 9.17) is 4.74 Å². The zero-order valence-corrected chi connectivity index (χ0v) is 12.9. The van der Waals surface area contributed by atoms with Gasteiger partial charge in [0.2, 0.25) is 11.8 Å². The summed E-state index contributed by atoms with van der Waals surface area (Å²) < 4.78 is 5.73. The van der Waals surface area contributed by atoms with Gasteiger partial charge < -0.3 is 10.1 Å². The first kappa shape index (κ1) is 15.0. The number of hydrogen-bond donors (Lipinski definition) is 1. The van der Waals surface area contributed by atoms with Crippen LogP contribution >= 0.6 is 0 Å². The van der Waals surface area contributed by atoms with Crippen molar-refractivity contribution in [1.82, 2.24) is 10.2 Å². The van der Waals surface area contributed by atoms with E-state index in [0.29, 0.717) is 13.0 Å². The minimum atomic E-state index is -0.347. The monoisotopic (exact) mass is 294 g/mol. The highest BCUT2D eigenvalue weighted by molar-refractivity contribution is 6.05. The Labute approximate surface area is 126 Å². The van der Waals surface area contributed by atoms with Gasteiger partial charge in [0.15, 0.2) is 0 Å². The van der Waals surface area contributed by atoms with Gasteiger partial charge in [0, 0.05) is 19.2 Å². The summed E-state index contributed by atoms with van der Waals surface area (Å²) in [6, 6.07) is -0.204. The first-order valence-corrected chi connectivity index (χ1v) is 8.32. The first-order valence-electron chi connectivity index (χ1n) is 8.32. The van der Waals surface area contributed by atoms with E-state index in [2.05, 4.69) is 12.2 Å². The van der Waals surface area contributed by atoms with Gasteiger partial charge in [0.05, 0.1) is 18.1 Å². The number of ether oxygens (including phenoxy) is 1. The molecule has 118 valence electrons. The largest absolute Gasteiger partial charge is 0.374 e. The summed E-state index contributed by atoms with van der Waals surface area (Å²) >= 11 is 0. The smallest absolute Gasteiger partial charge is 0.247 e. The fourth-order valence-electron chi connectivity index (χ4n) is 3.85. The van der Waals surface area contributed by atoms with Crippen LogP contribution < -0.4 is 5.32 Å². The van der Waals surface area contributed by atoms with E-state index in [1.54, 1.807) is 4.90 Å². The average Bonchev–Trinajstić information content (AvgIpc) is 3.03. The van der Waals surface area contributed by atoms with Crippen LogP contribution in [0.2, 0.25) is 0 Å². The zero-order valence-electron chi connectivity index (χ0n) is 12.9. The molecule has 0 aromatic rings. The zero-order chi connectivity index (χ0) is 14.9. The Kier molecular flexibility index (Phi) is 4.31. The molecule has 0 aromatic carbocycles.